The second-order valence-electron chi connectivity index (χ2n) is 10.9. The second kappa shape index (κ2) is 9.38. The third-order valence-electron chi connectivity index (χ3n) is 8.80. The van der Waals surface area contributed by atoms with Crippen LogP contribution in [0, 0.1) is 11.8 Å². The summed E-state index contributed by atoms with van der Waals surface area (Å²) in [5.41, 5.74) is 6.99. The van der Waals surface area contributed by atoms with Crippen molar-refractivity contribution in [3.63, 3.8) is 0 Å². The van der Waals surface area contributed by atoms with Crippen LogP contribution in [0.25, 0.3) is 10.2 Å². The number of amides is 2. The first-order valence-corrected chi connectivity index (χ1v) is 15.6. The van der Waals surface area contributed by atoms with Gasteiger partial charge in [0.2, 0.25) is 17.7 Å². The molecule has 2 atom stereocenters. The van der Waals surface area contributed by atoms with Gasteiger partial charge in [0.05, 0.1) is 33.5 Å². The zero-order chi connectivity index (χ0) is 25.1. The number of carbonyl (C=O) groups excluding carboxylic acids is 3. The molecule has 1 saturated heterocycles. The van der Waals surface area contributed by atoms with Gasteiger partial charge in [0.15, 0.2) is 4.34 Å². The molecule has 0 bridgehead atoms. The number of hydrogen-bond acceptors (Lipinski definition) is 6. The SMILES string of the molecule is O=C1[C@H]2CCCC[C@@H]2C(=O)N1c1ccc2nc(SCC(=O)n3c4c(c5c3CCCC5)CCCC4)sc2c1. The second-order valence-corrected chi connectivity index (χ2v) is 13.2. The predicted molar refractivity (Wildman–Crippen MR) is 147 cm³/mol. The Labute approximate surface area is 224 Å². The number of hydrogen-bond donors (Lipinski definition) is 0. The Kier molecular flexibility index (Phi) is 6.00. The Morgan fingerprint density at radius 2 is 1.51 bits per heavy atom. The smallest absolute Gasteiger partial charge is 0.241 e. The Hall–Kier alpha value is -2.45. The van der Waals surface area contributed by atoms with Crippen LogP contribution < -0.4 is 4.90 Å². The van der Waals surface area contributed by atoms with E-state index in [4.69, 9.17) is 4.98 Å². The summed E-state index contributed by atoms with van der Waals surface area (Å²) < 4.78 is 3.87. The predicted octanol–water partition coefficient (Wildman–Crippen LogP) is 5.97. The number of thioether (sulfide) groups is 1. The monoisotopic (exact) mass is 533 g/mol. The van der Waals surface area contributed by atoms with Crippen LogP contribution >= 0.6 is 23.1 Å². The third kappa shape index (κ3) is 3.90. The first-order valence-electron chi connectivity index (χ1n) is 13.8. The molecule has 6 nitrogen and oxygen atoms in total. The molecule has 0 radical (unpaired) electrons. The van der Waals surface area contributed by atoms with Crippen molar-refractivity contribution in [2.24, 2.45) is 11.8 Å². The lowest BCUT2D eigenvalue weighted by atomic mass is 9.81. The molecule has 1 saturated carbocycles. The number of fused-ring (bicyclic) bond motifs is 5. The van der Waals surface area contributed by atoms with E-state index in [0.29, 0.717) is 11.4 Å². The van der Waals surface area contributed by atoms with Gasteiger partial charge in [-0.2, -0.15) is 0 Å². The van der Waals surface area contributed by atoms with Crippen LogP contribution in [0.4, 0.5) is 5.69 Å². The number of thiazole rings is 1. The number of imide groups is 1. The summed E-state index contributed by atoms with van der Waals surface area (Å²) in [5, 5.41) is 0. The van der Waals surface area contributed by atoms with E-state index in [1.807, 2.05) is 18.2 Å². The number of rotatable bonds is 4. The molecule has 0 N–H and O–H groups in total. The van der Waals surface area contributed by atoms with Gasteiger partial charge in [-0.3, -0.25) is 23.9 Å². The van der Waals surface area contributed by atoms with Gasteiger partial charge in [-0.05, 0) is 93.5 Å². The van der Waals surface area contributed by atoms with E-state index in [-0.39, 0.29) is 29.6 Å². The van der Waals surface area contributed by atoms with Crippen molar-refractivity contribution >= 4 is 56.7 Å². The number of anilines is 1. The Morgan fingerprint density at radius 3 is 2.16 bits per heavy atom. The summed E-state index contributed by atoms with van der Waals surface area (Å²) in [6.45, 7) is 0. The van der Waals surface area contributed by atoms with Crippen LogP contribution in [0.5, 0.6) is 0 Å². The van der Waals surface area contributed by atoms with Crippen LogP contribution in [0.3, 0.4) is 0 Å². The fourth-order valence-electron chi connectivity index (χ4n) is 7.08. The topological polar surface area (TPSA) is 72.3 Å². The highest BCUT2D eigenvalue weighted by atomic mass is 32.2. The minimum Gasteiger partial charge on any atom is -0.287 e. The molecule has 2 fully saturated rings. The number of aromatic nitrogens is 2. The van der Waals surface area contributed by atoms with Crippen molar-refractivity contribution in [1.82, 2.24) is 9.55 Å². The minimum absolute atomic E-state index is 0.0443. The van der Waals surface area contributed by atoms with Gasteiger partial charge in [0, 0.05) is 11.4 Å². The lowest BCUT2D eigenvalue weighted by Crippen LogP contribution is -2.30. The first-order chi connectivity index (χ1) is 18.1. The summed E-state index contributed by atoms with van der Waals surface area (Å²) >= 11 is 3.03. The fourth-order valence-corrected chi connectivity index (χ4v) is 9.03. The molecule has 0 spiro atoms. The lowest BCUT2D eigenvalue weighted by molar-refractivity contribution is -0.122. The van der Waals surface area contributed by atoms with Gasteiger partial charge < -0.3 is 0 Å². The largest absolute Gasteiger partial charge is 0.287 e. The normalized spacial score (nSPS) is 23.3. The molecule has 192 valence electrons. The average molecular weight is 534 g/mol. The van der Waals surface area contributed by atoms with E-state index in [0.717, 1.165) is 65.9 Å². The first kappa shape index (κ1) is 23.7. The molecule has 8 heteroatoms. The van der Waals surface area contributed by atoms with Crippen molar-refractivity contribution in [3.05, 3.63) is 40.7 Å². The van der Waals surface area contributed by atoms with E-state index >= 15 is 0 Å². The maximum atomic E-state index is 13.5. The number of carbonyl (C=O) groups is 3. The van der Waals surface area contributed by atoms with E-state index < -0.39 is 0 Å². The molecular formula is C29H31N3O3S2. The maximum absolute atomic E-state index is 13.5. The molecule has 3 aliphatic carbocycles. The van der Waals surface area contributed by atoms with Crippen molar-refractivity contribution in [1.29, 1.82) is 0 Å². The third-order valence-corrected chi connectivity index (χ3v) is 10.9. The minimum atomic E-state index is -0.152. The van der Waals surface area contributed by atoms with Gasteiger partial charge in [-0.1, -0.05) is 24.6 Å². The highest BCUT2D eigenvalue weighted by molar-refractivity contribution is 8.01. The lowest BCUT2D eigenvalue weighted by Gasteiger charge is -2.19. The highest BCUT2D eigenvalue weighted by Gasteiger charge is 2.48. The summed E-state index contributed by atoms with van der Waals surface area (Å²) in [6, 6.07) is 5.66. The van der Waals surface area contributed by atoms with Gasteiger partial charge >= 0.3 is 0 Å². The van der Waals surface area contributed by atoms with E-state index in [2.05, 4.69) is 4.57 Å². The van der Waals surface area contributed by atoms with Crippen molar-refractivity contribution in [3.8, 4) is 0 Å². The van der Waals surface area contributed by atoms with Gasteiger partial charge in [0.25, 0.3) is 0 Å². The summed E-state index contributed by atoms with van der Waals surface area (Å²) in [7, 11) is 0. The van der Waals surface area contributed by atoms with Crippen LogP contribution in [-0.4, -0.2) is 33.0 Å². The highest BCUT2D eigenvalue weighted by Crippen LogP contribution is 2.41. The Morgan fingerprint density at radius 1 is 0.892 bits per heavy atom. The quantitative estimate of drug-likeness (QED) is 0.305. The van der Waals surface area contributed by atoms with Crippen molar-refractivity contribution < 1.29 is 14.4 Å². The molecule has 2 aromatic heterocycles. The van der Waals surface area contributed by atoms with Gasteiger partial charge in [0.1, 0.15) is 0 Å². The van der Waals surface area contributed by atoms with E-state index in [9.17, 15) is 14.4 Å². The maximum Gasteiger partial charge on any atom is 0.241 e. The van der Waals surface area contributed by atoms with Crippen molar-refractivity contribution in [2.45, 2.75) is 81.4 Å². The van der Waals surface area contributed by atoms with Crippen molar-refractivity contribution in [2.75, 3.05) is 10.7 Å². The van der Waals surface area contributed by atoms with E-state index in [1.54, 1.807) is 0 Å². The molecule has 4 aliphatic rings. The molecule has 3 heterocycles. The van der Waals surface area contributed by atoms with E-state index in [1.165, 1.54) is 76.2 Å². The molecule has 1 aromatic carbocycles. The zero-order valence-electron chi connectivity index (χ0n) is 21.0. The molecule has 0 unspecified atom stereocenters. The summed E-state index contributed by atoms with van der Waals surface area (Å²) in [4.78, 5) is 45.7. The Balaban J connectivity index is 1.11. The number of nitrogens with zero attached hydrogens (tertiary/aromatic N) is 3. The average Bonchev–Trinajstić information content (AvgIpc) is 3.57. The molecule has 37 heavy (non-hydrogen) atoms. The summed E-state index contributed by atoms with van der Waals surface area (Å²) in [5.74, 6) is 0.144. The molecule has 1 aliphatic heterocycles. The van der Waals surface area contributed by atoms with Crippen LogP contribution in [0.15, 0.2) is 22.5 Å². The molecular weight excluding hydrogens is 502 g/mol. The van der Waals surface area contributed by atoms with Crippen LogP contribution in [0.1, 0.15) is 78.7 Å². The fraction of sp³-hybridized carbons (Fsp3) is 0.517. The zero-order valence-corrected chi connectivity index (χ0v) is 22.6. The van der Waals surface area contributed by atoms with Gasteiger partial charge in [-0.25, -0.2) is 4.98 Å². The standard InChI is InChI=1S/C29H31N3O3S2/c33-26(32-23-11-5-3-7-18(23)19-8-4-6-12-24(19)32)16-36-29-30-22-14-13-17(15-25(22)37-29)31-27(34)20-9-1-2-10-21(20)28(31)35/h13-15,20-21H,1-12,16H2/t20-,21-/m0/s1. The van der Waals surface area contributed by atoms with Crippen LogP contribution in [0.2, 0.25) is 0 Å². The number of benzene rings is 1. The molecule has 7 rings (SSSR count). The van der Waals surface area contributed by atoms with Gasteiger partial charge in [-0.15, -0.1) is 11.3 Å². The summed E-state index contributed by atoms with van der Waals surface area (Å²) in [6.07, 6.45) is 12.7. The molecule has 3 aromatic rings. The van der Waals surface area contributed by atoms with Crippen LogP contribution in [-0.2, 0) is 35.3 Å². The molecule has 2 amide bonds. The Bertz CT molecular complexity index is 1380.